The number of rotatable bonds is 6. The second kappa shape index (κ2) is 7.23. The number of nitrogens with zero attached hydrogens (tertiary/aromatic N) is 2. The lowest BCUT2D eigenvalue weighted by Gasteiger charge is -2.17. The zero-order valence-corrected chi connectivity index (χ0v) is 15.1. The molecule has 6 heteroatoms. The van der Waals surface area contributed by atoms with Crippen LogP contribution in [0.5, 0.6) is 0 Å². The summed E-state index contributed by atoms with van der Waals surface area (Å²) in [4.78, 5) is 26.2. The van der Waals surface area contributed by atoms with Crippen molar-refractivity contribution in [3.63, 3.8) is 0 Å². The highest BCUT2D eigenvalue weighted by Gasteiger charge is 2.23. The van der Waals surface area contributed by atoms with Gasteiger partial charge in [0.15, 0.2) is 5.58 Å². The van der Waals surface area contributed by atoms with Gasteiger partial charge in [0.2, 0.25) is 5.91 Å². The second-order valence-electron chi connectivity index (χ2n) is 7.00. The molecule has 0 bridgehead atoms. The van der Waals surface area contributed by atoms with E-state index in [9.17, 15) is 9.59 Å². The fourth-order valence-electron chi connectivity index (χ4n) is 2.96. The molecule has 0 radical (unpaired) electrons. The van der Waals surface area contributed by atoms with Crippen LogP contribution >= 0.6 is 0 Å². The van der Waals surface area contributed by atoms with Crippen LogP contribution in [-0.4, -0.2) is 35.0 Å². The van der Waals surface area contributed by atoms with Crippen molar-refractivity contribution < 1.29 is 14.1 Å². The van der Waals surface area contributed by atoms with Crippen molar-refractivity contribution in [1.82, 2.24) is 15.4 Å². The average molecular weight is 363 g/mol. The molecular formula is C21H21N3O3. The number of likely N-dealkylation sites (N-methyl/N-ethyl adjacent to an activating group) is 1. The first-order valence-corrected chi connectivity index (χ1v) is 9.07. The summed E-state index contributed by atoms with van der Waals surface area (Å²) in [5, 5.41) is 7.85. The third-order valence-corrected chi connectivity index (χ3v) is 4.75. The molecule has 2 aromatic carbocycles. The fourth-order valence-corrected chi connectivity index (χ4v) is 2.96. The van der Waals surface area contributed by atoms with E-state index in [1.165, 1.54) is 0 Å². The van der Waals surface area contributed by atoms with Crippen molar-refractivity contribution >= 4 is 22.8 Å². The predicted octanol–water partition coefficient (Wildman–Crippen LogP) is 2.92. The Morgan fingerprint density at radius 2 is 1.89 bits per heavy atom. The molecule has 0 unspecified atom stereocenters. The van der Waals surface area contributed by atoms with Gasteiger partial charge in [-0.05, 0) is 42.7 Å². The molecule has 0 spiro atoms. The Kier molecular flexibility index (Phi) is 4.62. The highest BCUT2D eigenvalue weighted by Crippen LogP contribution is 2.20. The molecule has 0 atom stereocenters. The van der Waals surface area contributed by atoms with Gasteiger partial charge in [-0.3, -0.25) is 9.59 Å². The van der Waals surface area contributed by atoms with Gasteiger partial charge in [0.05, 0.1) is 6.42 Å². The number of carbonyl (C=O) groups excluding carboxylic acids is 2. The minimum atomic E-state index is -0.0374. The molecule has 0 saturated heterocycles. The predicted molar refractivity (Wildman–Crippen MR) is 101 cm³/mol. The van der Waals surface area contributed by atoms with Crippen LogP contribution in [0, 0.1) is 0 Å². The maximum absolute atomic E-state index is 12.5. The Labute approximate surface area is 157 Å². The first-order chi connectivity index (χ1) is 13.1. The minimum Gasteiger partial charge on any atom is -0.356 e. The summed E-state index contributed by atoms with van der Waals surface area (Å²) in [7, 11) is 1.76. The van der Waals surface area contributed by atoms with E-state index in [0.717, 1.165) is 23.8 Å². The normalized spacial score (nSPS) is 13.5. The summed E-state index contributed by atoms with van der Waals surface area (Å²) in [6.45, 7) is 0.471. The van der Waals surface area contributed by atoms with Gasteiger partial charge < -0.3 is 14.7 Å². The topological polar surface area (TPSA) is 75.4 Å². The van der Waals surface area contributed by atoms with E-state index < -0.39 is 0 Å². The van der Waals surface area contributed by atoms with Gasteiger partial charge in [-0.25, -0.2) is 0 Å². The molecule has 6 nitrogen and oxygen atoms in total. The van der Waals surface area contributed by atoms with Crippen molar-refractivity contribution in [2.75, 3.05) is 7.05 Å². The van der Waals surface area contributed by atoms with Crippen molar-refractivity contribution in [1.29, 1.82) is 0 Å². The maximum atomic E-state index is 12.5. The molecule has 27 heavy (non-hydrogen) atoms. The molecule has 4 rings (SSSR count). The molecule has 1 aromatic heterocycles. The number of benzene rings is 2. The third-order valence-electron chi connectivity index (χ3n) is 4.75. The number of nitrogens with one attached hydrogen (secondary N) is 1. The van der Waals surface area contributed by atoms with Gasteiger partial charge in [-0.2, -0.15) is 0 Å². The minimum absolute atomic E-state index is 0.0357. The van der Waals surface area contributed by atoms with E-state index in [-0.39, 0.29) is 18.2 Å². The molecule has 1 aliphatic rings. The summed E-state index contributed by atoms with van der Waals surface area (Å²) < 4.78 is 5.26. The van der Waals surface area contributed by atoms with E-state index >= 15 is 0 Å². The Bertz CT molecular complexity index is 974. The van der Waals surface area contributed by atoms with Crippen molar-refractivity contribution in [2.24, 2.45) is 0 Å². The Hall–Kier alpha value is -3.15. The molecule has 0 aliphatic heterocycles. The van der Waals surface area contributed by atoms with Crippen molar-refractivity contribution in [3.05, 3.63) is 65.4 Å². The molecule has 1 heterocycles. The average Bonchev–Trinajstić information content (AvgIpc) is 3.41. The molecule has 2 amide bonds. The van der Waals surface area contributed by atoms with Crippen LogP contribution in [0.4, 0.5) is 0 Å². The summed E-state index contributed by atoms with van der Waals surface area (Å²) in [6, 6.07) is 15.2. The van der Waals surface area contributed by atoms with E-state index in [1.807, 2.05) is 36.4 Å². The molecular weight excluding hydrogens is 342 g/mol. The number of hydrogen-bond donors (Lipinski definition) is 1. The number of fused-ring (bicyclic) bond motifs is 1. The fraction of sp³-hybridized carbons (Fsp3) is 0.286. The van der Waals surface area contributed by atoms with Gasteiger partial charge in [-0.1, -0.05) is 29.4 Å². The van der Waals surface area contributed by atoms with Crippen LogP contribution < -0.4 is 5.32 Å². The summed E-state index contributed by atoms with van der Waals surface area (Å²) in [6.07, 6.45) is 2.32. The van der Waals surface area contributed by atoms with Gasteiger partial charge in [0.1, 0.15) is 5.69 Å². The highest BCUT2D eigenvalue weighted by molar-refractivity contribution is 5.94. The molecule has 1 aliphatic carbocycles. The van der Waals surface area contributed by atoms with E-state index in [4.69, 9.17) is 4.52 Å². The maximum Gasteiger partial charge on any atom is 0.251 e. The second-order valence-corrected chi connectivity index (χ2v) is 7.00. The zero-order chi connectivity index (χ0) is 18.8. The summed E-state index contributed by atoms with van der Waals surface area (Å²) in [5.41, 5.74) is 2.95. The summed E-state index contributed by atoms with van der Waals surface area (Å²) >= 11 is 0. The summed E-state index contributed by atoms with van der Waals surface area (Å²) in [5.74, 6) is -0.0732. The lowest BCUT2D eigenvalue weighted by Crippen LogP contribution is -2.28. The van der Waals surface area contributed by atoms with Crippen LogP contribution in [0.2, 0.25) is 0 Å². The number of amides is 2. The van der Waals surface area contributed by atoms with E-state index in [1.54, 1.807) is 24.1 Å². The van der Waals surface area contributed by atoms with Crippen LogP contribution in [-0.2, 0) is 17.8 Å². The first kappa shape index (κ1) is 17.3. The van der Waals surface area contributed by atoms with Crippen LogP contribution in [0.15, 0.2) is 53.1 Å². The van der Waals surface area contributed by atoms with Crippen LogP contribution in [0.1, 0.15) is 34.5 Å². The SMILES string of the molecule is CN(Cc1ccc(C(=O)NC2CC2)cc1)C(=O)Cc1noc2ccccc12. The van der Waals surface area contributed by atoms with Crippen molar-refractivity contribution in [3.8, 4) is 0 Å². The van der Waals surface area contributed by atoms with Crippen molar-refractivity contribution in [2.45, 2.75) is 31.8 Å². The molecule has 3 aromatic rings. The third kappa shape index (κ3) is 4.00. The molecule has 1 N–H and O–H groups in total. The van der Waals surface area contributed by atoms with Gasteiger partial charge >= 0.3 is 0 Å². The van der Waals surface area contributed by atoms with E-state index in [2.05, 4.69) is 10.5 Å². The highest BCUT2D eigenvalue weighted by atomic mass is 16.5. The Morgan fingerprint density at radius 3 is 2.63 bits per heavy atom. The standard InChI is InChI=1S/C21H21N3O3/c1-24(20(25)12-18-17-4-2-3-5-19(17)27-23-18)13-14-6-8-15(9-7-14)21(26)22-16-10-11-16/h2-9,16H,10-13H2,1H3,(H,22,26). The molecule has 1 fully saturated rings. The first-order valence-electron chi connectivity index (χ1n) is 9.07. The zero-order valence-electron chi connectivity index (χ0n) is 15.1. The lowest BCUT2D eigenvalue weighted by molar-refractivity contribution is -0.129. The molecule has 1 saturated carbocycles. The van der Waals surface area contributed by atoms with Gasteiger partial charge in [-0.15, -0.1) is 0 Å². The quantitative estimate of drug-likeness (QED) is 0.731. The number of para-hydroxylation sites is 1. The van der Waals surface area contributed by atoms with Gasteiger partial charge in [0.25, 0.3) is 5.91 Å². The molecule has 138 valence electrons. The lowest BCUT2D eigenvalue weighted by atomic mass is 10.1. The Morgan fingerprint density at radius 1 is 1.15 bits per heavy atom. The van der Waals surface area contributed by atoms with E-state index in [0.29, 0.717) is 29.4 Å². The van der Waals surface area contributed by atoms with Crippen LogP contribution in [0.25, 0.3) is 11.0 Å². The van der Waals surface area contributed by atoms with Gasteiger partial charge in [0, 0.05) is 30.6 Å². The largest absolute Gasteiger partial charge is 0.356 e. The number of hydrogen-bond acceptors (Lipinski definition) is 4. The monoisotopic (exact) mass is 363 g/mol. The smallest absolute Gasteiger partial charge is 0.251 e. The van der Waals surface area contributed by atoms with Crippen LogP contribution in [0.3, 0.4) is 0 Å². The number of carbonyl (C=O) groups is 2. The number of aromatic nitrogens is 1. The Balaban J connectivity index is 1.37.